The van der Waals surface area contributed by atoms with Crippen molar-refractivity contribution < 1.29 is 4.79 Å². The molecule has 4 heteroatoms. The van der Waals surface area contributed by atoms with Gasteiger partial charge in [-0.15, -0.1) is 0 Å². The Labute approximate surface area is 134 Å². The van der Waals surface area contributed by atoms with E-state index in [4.69, 9.17) is 0 Å². The summed E-state index contributed by atoms with van der Waals surface area (Å²) in [5, 5.41) is 7.88. The molecule has 0 radical (unpaired) electrons. The number of hydrogen-bond donors (Lipinski definition) is 2. The zero-order valence-corrected chi connectivity index (χ0v) is 12.8. The number of nitrogens with one attached hydrogen (secondary N) is 2. The smallest absolute Gasteiger partial charge is 0.251 e. The lowest BCUT2D eigenvalue weighted by molar-refractivity contribution is 0.0928. The van der Waals surface area contributed by atoms with E-state index in [-0.39, 0.29) is 11.9 Å². The van der Waals surface area contributed by atoms with Gasteiger partial charge in [-0.2, -0.15) is 0 Å². The number of fused-ring (bicyclic) bond motifs is 5. The Balaban J connectivity index is 1.47. The maximum Gasteiger partial charge on any atom is 0.251 e. The largest absolute Gasteiger partial charge is 0.348 e. The predicted molar refractivity (Wildman–Crippen MR) is 90.7 cm³/mol. The van der Waals surface area contributed by atoms with Gasteiger partial charge in [0.15, 0.2) is 0 Å². The first-order chi connectivity index (χ1) is 11.3. The van der Waals surface area contributed by atoms with Gasteiger partial charge in [0.25, 0.3) is 5.91 Å². The quantitative estimate of drug-likeness (QED) is 0.764. The molecule has 2 aromatic heterocycles. The van der Waals surface area contributed by atoms with E-state index in [0.29, 0.717) is 6.04 Å². The highest BCUT2D eigenvalue weighted by molar-refractivity contribution is 5.99. The average molecular weight is 305 g/mol. The molecule has 5 rings (SSSR count). The van der Waals surface area contributed by atoms with Crippen molar-refractivity contribution in [3.8, 4) is 0 Å². The Bertz CT molecular complexity index is 913. The summed E-state index contributed by atoms with van der Waals surface area (Å²) >= 11 is 0. The maximum atomic E-state index is 12.6. The molecule has 3 heterocycles. The number of carbonyl (C=O) groups is 1. The number of pyridine rings is 1. The topological polar surface area (TPSA) is 45.5 Å². The molecule has 116 valence electrons. The Morgan fingerprint density at radius 3 is 2.96 bits per heavy atom. The standard InChI is InChI=1S/C19H19N3O/c23-19(21-17-8-12-7-16(17)20-11-12)14-5-4-13-9-15-3-1-2-6-22(15)18(13)10-14/h1-6,9-10,12,16-17,20H,7-8,11H2,(H,21,23). The van der Waals surface area contributed by atoms with E-state index in [0.717, 1.165) is 40.9 Å². The molecule has 3 aromatic rings. The first-order valence-corrected chi connectivity index (χ1v) is 8.32. The molecule has 1 saturated carbocycles. The summed E-state index contributed by atoms with van der Waals surface area (Å²) in [5.74, 6) is 0.777. The highest BCUT2D eigenvalue weighted by Crippen LogP contribution is 2.31. The van der Waals surface area contributed by atoms with E-state index in [1.807, 2.05) is 36.5 Å². The second-order valence-corrected chi connectivity index (χ2v) is 6.85. The highest BCUT2D eigenvalue weighted by atomic mass is 16.1. The third kappa shape index (κ3) is 2.05. The summed E-state index contributed by atoms with van der Waals surface area (Å²) in [5.41, 5.74) is 2.97. The van der Waals surface area contributed by atoms with Crippen LogP contribution >= 0.6 is 0 Å². The summed E-state index contributed by atoms with van der Waals surface area (Å²) in [6, 6.07) is 15.0. The monoisotopic (exact) mass is 305 g/mol. The molecule has 2 fully saturated rings. The van der Waals surface area contributed by atoms with Gasteiger partial charge in [-0.1, -0.05) is 12.1 Å². The van der Waals surface area contributed by atoms with Crippen molar-refractivity contribution in [2.24, 2.45) is 5.92 Å². The molecular weight excluding hydrogens is 286 g/mol. The molecule has 3 atom stereocenters. The van der Waals surface area contributed by atoms with Crippen molar-refractivity contribution in [2.75, 3.05) is 6.54 Å². The minimum Gasteiger partial charge on any atom is -0.348 e. The van der Waals surface area contributed by atoms with E-state index in [1.165, 1.54) is 6.42 Å². The van der Waals surface area contributed by atoms with Crippen LogP contribution in [0.1, 0.15) is 23.2 Å². The Morgan fingerprint density at radius 2 is 2.13 bits per heavy atom. The van der Waals surface area contributed by atoms with Crippen LogP contribution in [0.5, 0.6) is 0 Å². The Hall–Kier alpha value is -2.33. The molecule has 4 nitrogen and oxygen atoms in total. The first kappa shape index (κ1) is 13.1. The lowest BCUT2D eigenvalue weighted by atomic mass is 10.1. The minimum absolute atomic E-state index is 0.0390. The van der Waals surface area contributed by atoms with Crippen LogP contribution in [0.3, 0.4) is 0 Å². The molecule has 2 aliphatic rings. The fourth-order valence-corrected chi connectivity index (χ4v) is 4.23. The molecule has 1 aromatic carbocycles. The van der Waals surface area contributed by atoms with Crippen LogP contribution < -0.4 is 10.6 Å². The number of nitrogens with zero attached hydrogens (tertiary/aromatic N) is 1. The van der Waals surface area contributed by atoms with Crippen molar-refractivity contribution in [2.45, 2.75) is 24.9 Å². The van der Waals surface area contributed by atoms with Crippen LogP contribution in [-0.2, 0) is 0 Å². The van der Waals surface area contributed by atoms with E-state index < -0.39 is 0 Å². The third-order valence-corrected chi connectivity index (χ3v) is 5.39. The number of amides is 1. The number of rotatable bonds is 2. The Morgan fingerprint density at radius 1 is 1.17 bits per heavy atom. The Kier molecular flexibility index (Phi) is 2.76. The van der Waals surface area contributed by atoms with Crippen molar-refractivity contribution >= 4 is 22.3 Å². The van der Waals surface area contributed by atoms with Gasteiger partial charge in [0.2, 0.25) is 0 Å². The van der Waals surface area contributed by atoms with E-state index in [1.54, 1.807) is 0 Å². The molecule has 1 aliphatic carbocycles. The van der Waals surface area contributed by atoms with Gasteiger partial charge in [0.05, 0.1) is 5.52 Å². The fourth-order valence-electron chi connectivity index (χ4n) is 4.23. The van der Waals surface area contributed by atoms with Gasteiger partial charge in [-0.3, -0.25) is 4.79 Å². The predicted octanol–water partition coefficient (Wildman–Crippen LogP) is 2.57. The van der Waals surface area contributed by atoms with Gasteiger partial charge < -0.3 is 15.0 Å². The van der Waals surface area contributed by atoms with Gasteiger partial charge in [-0.25, -0.2) is 0 Å². The van der Waals surface area contributed by atoms with Crippen LogP contribution in [0, 0.1) is 5.92 Å². The van der Waals surface area contributed by atoms with Crippen molar-refractivity contribution in [3.05, 3.63) is 54.2 Å². The van der Waals surface area contributed by atoms with Crippen LogP contribution in [0.15, 0.2) is 48.7 Å². The van der Waals surface area contributed by atoms with Crippen molar-refractivity contribution in [1.29, 1.82) is 0 Å². The number of aromatic nitrogens is 1. The average Bonchev–Trinajstić information content (AvgIpc) is 3.27. The van der Waals surface area contributed by atoms with Crippen LogP contribution in [-0.4, -0.2) is 28.9 Å². The van der Waals surface area contributed by atoms with Gasteiger partial charge in [-0.05, 0) is 55.6 Å². The molecule has 1 saturated heterocycles. The molecule has 3 unspecified atom stereocenters. The van der Waals surface area contributed by atoms with Crippen LogP contribution in [0.2, 0.25) is 0 Å². The number of piperidine rings is 1. The second kappa shape index (κ2) is 4.83. The van der Waals surface area contributed by atoms with Crippen LogP contribution in [0.25, 0.3) is 16.4 Å². The van der Waals surface area contributed by atoms with Gasteiger partial charge in [0, 0.05) is 34.7 Å². The molecule has 23 heavy (non-hydrogen) atoms. The third-order valence-electron chi connectivity index (χ3n) is 5.39. The second-order valence-electron chi connectivity index (χ2n) is 6.85. The summed E-state index contributed by atoms with van der Waals surface area (Å²) in [6.45, 7) is 1.11. The molecule has 2 N–H and O–H groups in total. The van der Waals surface area contributed by atoms with E-state index >= 15 is 0 Å². The van der Waals surface area contributed by atoms with E-state index in [2.05, 4.69) is 27.2 Å². The summed E-state index contributed by atoms with van der Waals surface area (Å²) in [6.07, 6.45) is 4.35. The minimum atomic E-state index is 0.0390. The normalized spacial score (nSPS) is 26.2. The lowest BCUT2D eigenvalue weighted by Crippen LogP contribution is -2.47. The number of carbonyl (C=O) groups excluding carboxylic acids is 1. The first-order valence-electron chi connectivity index (χ1n) is 8.32. The van der Waals surface area contributed by atoms with Crippen molar-refractivity contribution in [3.63, 3.8) is 0 Å². The summed E-state index contributed by atoms with van der Waals surface area (Å²) in [7, 11) is 0. The van der Waals surface area contributed by atoms with Crippen LogP contribution in [0.4, 0.5) is 0 Å². The number of benzene rings is 1. The van der Waals surface area contributed by atoms with E-state index in [9.17, 15) is 4.79 Å². The molecule has 2 bridgehead atoms. The zero-order valence-electron chi connectivity index (χ0n) is 12.8. The lowest BCUT2D eigenvalue weighted by Gasteiger charge is -2.24. The summed E-state index contributed by atoms with van der Waals surface area (Å²) < 4.78 is 2.13. The molecule has 0 spiro atoms. The zero-order chi connectivity index (χ0) is 15.4. The van der Waals surface area contributed by atoms with Crippen molar-refractivity contribution in [1.82, 2.24) is 15.0 Å². The highest BCUT2D eigenvalue weighted by Gasteiger charge is 2.40. The maximum absolute atomic E-state index is 12.6. The molecular formula is C19H19N3O. The molecule has 1 amide bonds. The number of hydrogen-bond acceptors (Lipinski definition) is 2. The molecule has 1 aliphatic heterocycles. The van der Waals surface area contributed by atoms with Gasteiger partial charge in [0.1, 0.15) is 0 Å². The fraction of sp³-hybridized carbons (Fsp3) is 0.316. The SMILES string of the molecule is O=C(NC1CC2CNC1C2)c1ccc2cc3ccccn3c2c1. The summed E-state index contributed by atoms with van der Waals surface area (Å²) in [4.78, 5) is 12.6. The van der Waals surface area contributed by atoms with Gasteiger partial charge >= 0.3 is 0 Å².